The summed E-state index contributed by atoms with van der Waals surface area (Å²) in [6.45, 7) is 10.7. The molecular formula is C24H32N6O. The summed E-state index contributed by atoms with van der Waals surface area (Å²) in [6.07, 6.45) is 3.75. The van der Waals surface area contributed by atoms with E-state index in [1.807, 2.05) is 69.1 Å². The number of aliphatic hydroxyl groups excluding tert-OH is 1. The van der Waals surface area contributed by atoms with Gasteiger partial charge in [-0.15, -0.1) is 0 Å². The molecule has 31 heavy (non-hydrogen) atoms. The number of rotatable bonds is 6. The maximum atomic E-state index is 9.59. The second-order valence-corrected chi connectivity index (χ2v) is 7.51. The fraction of sp³-hybridized carbons (Fsp3) is 0.375. The van der Waals surface area contributed by atoms with E-state index in [9.17, 15) is 5.11 Å². The summed E-state index contributed by atoms with van der Waals surface area (Å²) in [4.78, 5) is 9.16. The van der Waals surface area contributed by atoms with E-state index in [4.69, 9.17) is 4.98 Å². The molecule has 4 aromatic rings. The Bertz CT molecular complexity index is 1160. The highest BCUT2D eigenvalue weighted by molar-refractivity contribution is 5.58. The molecule has 2 N–H and O–H groups in total. The van der Waals surface area contributed by atoms with Crippen LogP contribution in [0, 0.1) is 13.8 Å². The molecule has 1 aromatic carbocycles. The molecule has 0 saturated heterocycles. The van der Waals surface area contributed by atoms with Crippen LogP contribution in [0.25, 0.3) is 17.0 Å². The molecule has 0 aliphatic heterocycles. The number of aliphatic hydroxyl groups is 1. The first-order valence-electron chi connectivity index (χ1n) is 10.8. The molecule has 0 spiro atoms. The number of aryl methyl sites for hydroxylation is 3. The Morgan fingerprint density at radius 2 is 1.94 bits per heavy atom. The van der Waals surface area contributed by atoms with Gasteiger partial charge in [0, 0.05) is 49.1 Å². The molecule has 7 heteroatoms. The Kier molecular flexibility index (Phi) is 7.07. The van der Waals surface area contributed by atoms with Gasteiger partial charge in [-0.05, 0) is 25.5 Å². The molecule has 4 rings (SSSR count). The van der Waals surface area contributed by atoms with Gasteiger partial charge in [0.15, 0.2) is 5.65 Å². The van der Waals surface area contributed by atoms with Crippen molar-refractivity contribution in [3.8, 4) is 11.4 Å². The lowest BCUT2D eigenvalue weighted by atomic mass is 10.1. The number of aromatic nitrogens is 5. The molecule has 0 amide bonds. The normalized spacial score (nSPS) is 11.8. The largest absolute Gasteiger partial charge is 0.396 e. The predicted octanol–water partition coefficient (Wildman–Crippen LogP) is 4.48. The molecule has 0 bridgehead atoms. The van der Waals surface area contributed by atoms with Crippen LogP contribution in [0.4, 0.5) is 5.82 Å². The highest BCUT2D eigenvalue weighted by atomic mass is 16.3. The van der Waals surface area contributed by atoms with Crippen LogP contribution in [0.3, 0.4) is 0 Å². The number of hydrogen-bond donors (Lipinski definition) is 2. The van der Waals surface area contributed by atoms with Crippen molar-refractivity contribution in [3.63, 3.8) is 0 Å². The molecule has 1 atom stereocenters. The third-order valence-corrected chi connectivity index (χ3v) is 5.34. The summed E-state index contributed by atoms with van der Waals surface area (Å²) in [5.74, 6) is 1.77. The van der Waals surface area contributed by atoms with Crippen molar-refractivity contribution >= 4 is 11.5 Å². The Morgan fingerprint density at radius 1 is 1.16 bits per heavy atom. The molecule has 3 heterocycles. The van der Waals surface area contributed by atoms with Crippen LogP contribution >= 0.6 is 0 Å². The third kappa shape index (κ3) is 4.61. The summed E-state index contributed by atoms with van der Waals surface area (Å²) >= 11 is 0. The average Bonchev–Trinajstić information content (AvgIpc) is 3.36. The monoisotopic (exact) mass is 420 g/mol. The quantitative estimate of drug-likeness (QED) is 0.481. The minimum Gasteiger partial charge on any atom is -0.396 e. The van der Waals surface area contributed by atoms with Crippen molar-refractivity contribution in [2.24, 2.45) is 7.05 Å². The highest BCUT2D eigenvalue weighted by Gasteiger charge is 2.15. The van der Waals surface area contributed by atoms with Gasteiger partial charge in [-0.1, -0.05) is 39.0 Å². The summed E-state index contributed by atoms with van der Waals surface area (Å²) in [5, 5.41) is 17.7. The Labute approximate surface area is 183 Å². The van der Waals surface area contributed by atoms with Gasteiger partial charge in [0.2, 0.25) is 0 Å². The number of nitrogens with one attached hydrogen (secondary N) is 1. The van der Waals surface area contributed by atoms with Crippen LogP contribution in [0.2, 0.25) is 0 Å². The number of imidazole rings is 1. The number of benzene rings is 1. The topological polar surface area (TPSA) is 80.3 Å². The molecule has 3 aromatic heterocycles. The molecule has 0 fully saturated rings. The smallest absolute Gasteiger partial charge is 0.160 e. The SMILES string of the molecule is CC.Cc1nn2c(NCc3cccc(-c4nccn4C)c3)cc(C(C)CO)nc2c1C. The number of nitrogens with zero attached hydrogens (tertiary/aromatic N) is 5. The Balaban J connectivity index is 0.00000132. The highest BCUT2D eigenvalue weighted by Crippen LogP contribution is 2.24. The van der Waals surface area contributed by atoms with Crippen LogP contribution in [0.15, 0.2) is 42.7 Å². The predicted molar refractivity (Wildman–Crippen MR) is 125 cm³/mol. The minimum absolute atomic E-state index is 0.0399. The van der Waals surface area contributed by atoms with E-state index in [1.165, 1.54) is 0 Å². The zero-order valence-corrected chi connectivity index (χ0v) is 19.2. The second-order valence-electron chi connectivity index (χ2n) is 7.51. The van der Waals surface area contributed by atoms with Gasteiger partial charge in [-0.3, -0.25) is 0 Å². The van der Waals surface area contributed by atoms with Crippen molar-refractivity contribution in [1.29, 1.82) is 0 Å². The van der Waals surface area contributed by atoms with Crippen LogP contribution < -0.4 is 5.32 Å². The molecule has 0 radical (unpaired) electrons. The lowest BCUT2D eigenvalue weighted by Crippen LogP contribution is -2.10. The fourth-order valence-corrected chi connectivity index (χ4v) is 3.38. The van der Waals surface area contributed by atoms with Gasteiger partial charge in [-0.2, -0.15) is 9.61 Å². The minimum atomic E-state index is -0.0399. The zero-order valence-electron chi connectivity index (χ0n) is 19.2. The second kappa shape index (κ2) is 9.75. The summed E-state index contributed by atoms with van der Waals surface area (Å²) in [7, 11) is 1.99. The molecule has 164 valence electrons. The van der Waals surface area contributed by atoms with E-state index in [0.717, 1.165) is 45.4 Å². The van der Waals surface area contributed by atoms with Gasteiger partial charge in [0.1, 0.15) is 11.6 Å². The zero-order chi connectivity index (χ0) is 22.5. The summed E-state index contributed by atoms with van der Waals surface area (Å²) in [5.41, 5.74) is 5.91. The first-order chi connectivity index (χ1) is 15.0. The van der Waals surface area contributed by atoms with E-state index in [2.05, 4.69) is 33.6 Å². The third-order valence-electron chi connectivity index (χ3n) is 5.34. The fourth-order valence-electron chi connectivity index (χ4n) is 3.38. The Morgan fingerprint density at radius 3 is 2.61 bits per heavy atom. The van der Waals surface area contributed by atoms with Gasteiger partial charge < -0.3 is 15.0 Å². The van der Waals surface area contributed by atoms with Crippen molar-refractivity contribution in [3.05, 3.63) is 65.2 Å². The van der Waals surface area contributed by atoms with Crippen molar-refractivity contribution in [2.75, 3.05) is 11.9 Å². The molecule has 7 nitrogen and oxygen atoms in total. The molecule has 1 unspecified atom stereocenters. The van der Waals surface area contributed by atoms with E-state index < -0.39 is 0 Å². The van der Waals surface area contributed by atoms with E-state index in [-0.39, 0.29) is 12.5 Å². The molecule has 0 aliphatic rings. The first kappa shape index (κ1) is 22.5. The maximum absolute atomic E-state index is 9.59. The van der Waals surface area contributed by atoms with Crippen LogP contribution in [0.1, 0.15) is 49.2 Å². The van der Waals surface area contributed by atoms with Gasteiger partial charge in [0.05, 0.1) is 18.0 Å². The lowest BCUT2D eigenvalue weighted by molar-refractivity contribution is 0.271. The van der Waals surface area contributed by atoms with Gasteiger partial charge in [-0.25, -0.2) is 9.97 Å². The van der Waals surface area contributed by atoms with Gasteiger partial charge >= 0.3 is 0 Å². The van der Waals surface area contributed by atoms with E-state index in [0.29, 0.717) is 6.54 Å². The first-order valence-corrected chi connectivity index (χ1v) is 10.8. The van der Waals surface area contributed by atoms with Gasteiger partial charge in [0.25, 0.3) is 0 Å². The Hall–Kier alpha value is -3.19. The summed E-state index contributed by atoms with van der Waals surface area (Å²) < 4.78 is 3.86. The molecule has 0 aliphatic carbocycles. The van der Waals surface area contributed by atoms with Crippen molar-refractivity contribution < 1.29 is 5.11 Å². The summed E-state index contributed by atoms with van der Waals surface area (Å²) in [6, 6.07) is 10.3. The van der Waals surface area contributed by atoms with Crippen molar-refractivity contribution in [2.45, 2.75) is 47.1 Å². The maximum Gasteiger partial charge on any atom is 0.160 e. The van der Waals surface area contributed by atoms with Crippen LogP contribution in [0.5, 0.6) is 0 Å². The van der Waals surface area contributed by atoms with Crippen LogP contribution in [-0.2, 0) is 13.6 Å². The van der Waals surface area contributed by atoms with Crippen LogP contribution in [-0.4, -0.2) is 35.9 Å². The van der Waals surface area contributed by atoms with Crippen molar-refractivity contribution in [1.82, 2.24) is 24.1 Å². The number of fused-ring (bicyclic) bond motifs is 1. The van der Waals surface area contributed by atoms with E-state index in [1.54, 1.807) is 6.20 Å². The molecular weight excluding hydrogens is 388 g/mol. The number of anilines is 1. The number of hydrogen-bond acceptors (Lipinski definition) is 5. The standard InChI is InChI=1S/C22H26N6O.C2H6/c1-14(13-29)19-11-20(28-21(25-19)15(2)16(3)26-28)24-12-17-6-5-7-18(10-17)22-23-8-9-27(22)4;1-2/h5-11,14,24,29H,12-13H2,1-4H3;1-2H3. The molecule has 0 saturated carbocycles. The lowest BCUT2D eigenvalue weighted by Gasteiger charge is -2.14. The average molecular weight is 421 g/mol. The van der Waals surface area contributed by atoms with E-state index >= 15 is 0 Å².